The number of morpholine rings is 1. The third-order valence-corrected chi connectivity index (χ3v) is 4.71. The van der Waals surface area contributed by atoms with Crippen LogP contribution in [0.4, 0.5) is 0 Å². The lowest BCUT2D eigenvalue weighted by atomic mass is 9.86. The van der Waals surface area contributed by atoms with E-state index in [4.69, 9.17) is 4.74 Å². The molecule has 0 bridgehead atoms. The molecule has 1 aliphatic heterocycles. The predicted octanol–water partition coefficient (Wildman–Crippen LogP) is 4.01. The van der Waals surface area contributed by atoms with Crippen LogP contribution in [0.2, 0.25) is 0 Å². The number of rotatable bonds is 6. The van der Waals surface area contributed by atoms with Crippen LogP contribution in [-0.4, -0.2) is 36.6 Å². The summed E-state index contributed by atoms with van der Waals surface area (Å²) < 4.78 is 5.99. The van der Waals surface area contributed by atoms with Crippen LogP contribution in [0.25, 0.3) is 0 Å². The van der Waals surface area contributed by atoms with E-state index in [0.29, 0.717) is 26.1 Å². The molecule has 0 saturated carbocycles. The molecule has 3 nitrogen and oxygen atoms in total. The Bertz CT molecular complexity index is 644. The van der Waals surface area contributed by atoms with Crippen LogP contribution in [0, 0.1) is 0 Å². The van der Waals surface area contributed by atoms with Crippen molar-refractivity contribution in [2.75, 3.05) is 19.7 Å². The van der Waals surface area contributed by atoms with Crippen molar-refractivity contribution >= 4 is 5.91 Å². The van der Waals surface area contributed by atoms with E-state index in [-0.39, 0.29) is 17.9 Å². The van der Waals surface area contributed by atoms with E-state index in [1.165, 1.54) is 11.1 Å². The zero-order valence-electron chi connectivity index (χ0n) is 14.5. The van der Waals surface area contributed by atoms with Crippen molar-refractivity contribution in [3.8, 4) is 0 Å². The third kappa shape index (κ3) is 4.58. The van der Waals surface area contributed by atoms with E-state index >= 15 is 0 Å². The maximum absolute atomic E-state index is 12.2. The fraction of sp³-hybridized carbons (Fsp3) is 0.318. The van der Waals surface area contributed by atoms with Gasteiger partial charge in [-0.2, -0.15) is 0 Å². The standard InChI is InChI=1S/C22H25NO2/c1-2-9-22(24)23-14-15-25-20(17-23)16-21(18-10-5-3-6-11-18)19-12-7-4-8-13-19/h2-8,10-13,20-21H,1,9,14-17H2. The highest BCUT2D eigenvalue weighted by Crippen LogP contribution is 2.30. The first-order chi connectivity index (χ1) is 12.3. The first-order valence-electron chi connectivity index (χ1n) is 8.88. The lowest BCUT2D eigenvalue weighted by molar-refractivity contribution is -0.138. The van der Waals surface area contributed by atoms with Gasteiger partial charge in [-0.05, 0) is 17.5 Å². The maximum Gasteiger partial charge on any atom is 0.226 e. The second kappa shape index (κ2) is 8.63. The summed E-state index contributed by atoms with van der Waals surface area (Å²) in [6.45, 7) is 5.59. The molecule has 130 valence electrons. The monoisotopic (exact) mass is 335 g/mol. The number of hydrogen-bond acceptors (Lipinski definition) is 2. The minimum absolute atomic E-state index is 0.0490. The second-order valence-electron chi connectivity index (χ2n) is 6.44. The molecule has 1 amide bonds. The molecule has 1 unspecified atom stereocenters. The summed E-state index contributed by atoms with van der Waals surface area (Å²) in [5.41, 5.74) is 2.57. The number of carbonyl (C=O) groups is 1. The molecule has 0 radical (unpaired) electrons. The minimum Gasteiger partial charge on any atom is -0.375 e. The van der Waals surface area contributed by atoms with E-state index in [2.05, 4.69) is 55.1 Å². The van der Waals surface area contributed by atoms with Crippen molar-refractivity contribution in [2.45, 2.75) is 24.9 Å². The quantitative estimate of drug-likeness (QED) is 0.747. The first-order valence-corrected chi connectivity index (χ1v) is 8.88. The van der Waals surface area contributed by atoms with Gasteiger partial charge in [-0.15, -0.1) is 6.58 Å². The van der Waals surface area contributed by atoms with Crippen molar-refractivity contribution in [2.24, 2.45) is 0 Å². The molecule has 0 N–H and O–H groups in total. The van der Waals surface area contributed by atoms with Gasteiger partial charge in [0.25, 0.3) is 0 Å². The van der Waals surface area contributed by atoms with Gasteiger partial charge in [0.05, 0.1) is 12.7 Å². The molecule has 0 aliphatic carbocycles. The first kappa shape index (κ1) is 17.4. The smallest absolute Gasteiger partial charge is 0.226 e. The second-order valence-corrected chi connectivity index (χ2v) is 6.44. The summed E-state index contributed by atoms with van der Waals surface area (Å²) in [4.78, 5) is 14.1. The van der Waals surface area contributed by atoms with Crippen LogP contribution >= 0.6 is 0 Å². The predicted molar refractivity (Wildman–Crippen MR) is 100 cm³/mol. The third-order valence-electron chi connectivity index (χ3n) is 4.71. The molecule has 2 aromatic rings. The fourth-order valence-electron chi connectivity index (χ4n) is 3.44. The average Bonchev–Trinajstić information content (AvgIpc) is 2.68. The molecule has 25 heavy (non-hydrogen) atoms. The Hall–Kier alpha value is -2.39. The van der Waals surface area contributed by atoms with Crippen LogP contribution in [-0.2, 0) is 9.53 Å². The van der Waals surface area contributed by atoms with Crippen LogP contribution in [0.5, 0.6) is 0 Å². The normalized spacial score (nSPS) is 17.5. The van der Waals surface area contributed by atoms with Gasteiger partial charge in [0.2, 0.25) is 5.91 Å². The maximum atomic E-state index is 12.2. The van der Waals surface area contributed by atoms with E-state index < -0.39 is 0 Å². The fourth-order valence-corrected chi connectivity index (χ4v) is 3.44. The van der Waals surface area contributed by atoms with Gasteiger partial charge in [0.1, 0.15) is 0 Å². The van der Waals surface area contributed by atoms with Gasteiger partial charge < -0.3 is 9.64 Å². The molecule has 1 heterocycles. The number of carbonyl (C=O) groups excluding carboxylic acids is 1. The Morgan fingerprint density at radius 3 is 2.28 bits per heavy atom. The number of amides is 1. The van der Waals surface area contributed by atoms with Crippen molar-refractivity contribution in [1.29, 1.82) is 0 Å². The van der Waals surface area contributed by atoms with Crippen molar-refractivity contribution in [1.82, 2.24) is 4.90 Å². The van der Waals surface area contributed by atoms with Crippen LogP contribution in [0.15, 0.2) is 73.3 Å². The Morgan fingerprint density at radius 2 is 1.72 bits per heavy atom. The molecule has 3 heteroatoms. The molecular weight excluding hydrogens is 310 g/mol. The largest absolute Gasteiger partial charge is 0.375 e. The molecule has 1 aliphatic rings. The van der Waals surface area contributed by atoms with Crippen LogP contribution in [0.1, 0.15) is 29.9 Å². The molecule has 1 atom stereocenters. The van der Waals surface area contributed by atoms with E-state index in [0.717, 1.165) is 6.42 Å². The van der Waals surface area contributed by atoms with Gasteiger partial charge in [0.15, 0.2) is 0 Å². The highest BCUT2D eigenvalue weighted by atomic mass is 16.5. The Labute approximate surface area is 149 Å². The summed E-state index contributed by atoms with van der Waals surface area (Å²) in [5.74, 6) is 0.404. The number of ether oxygens (including phenoxy) is 1. The van der Waals surface area contributed by atoms with Gasteiger partial charge in [-0.25, -0.2) is 0 Å². The summed E-state index contributed by atoms with van der Waals surface area (Å²) in [5, 5.41) is 0. The van der Waals surface area contributed by atoms with E-state index in [1.807, 2.05) is 17.0 Å². The molecule has 1 fully saturated rings. The van der Waals surface area contributed by atoms with Crippen LogP contribution in [0.3, 0.4) is 0 Å². The highest BCUT2D eigenvalue weighted by Gasteiger charge is 2.27. The van der Waals surface area contributed by atoms with E-state index in [9.17, 15) is 4.79 Å². The molecule has 2 aromatic carbocycles. The van der Waals surface area contributed by atoms with Gasteiger partial charge in [0, 0.05) is 25.4 Å². The lowest BCUT2D eigenvalue weighted by Crippen LogP contribution is -2.45. The summed E-state index contributed by atoms with van der Waals surface area (Å²) in [6.07, 6.45) is 2.98. The molecular formula is C22H25NO2. The highest BCUT2D eigenvalue weighted by molar-refractivity contribution is 5.77. The topological polar surface area (TPSA) is 29.5 Å². The van der Waals surface area contributed by atoms with Gasteiger partial charge in [-0.3, -0.25) is 4.79 Å². The summed E-state index contributed by atoms with van der Waals surface area (Å²) in [7, 11) is 0. The zero-order valence-corrected chi connectivity index (χ0v) is 14.5. The number of nitrogens with zero attached hydrogens (tertiary/aromatic N) is 1. The minimum atomic E-state index is 0.0490. The average molecular weight is 335 g/mol. The molecule has 1 saturated heterocycles. The zero-order chi connectivity index (χ0) is 17.5. The molecule has 0 spiro atoms. The van der Waals surface area contributed by atoms with Crippen LogP contribution < -0.4 is 0 Å². The number of hydrogen-bond donors (Lipinski definition) is 0. The Kier molecular flexibility index (Phi) is 6.02. The van der Waals surface area contributed by atoms with E-state index in [1.54, 1.807) is 6.08 Å². The summed E-state index contributed by atoms with van der Waals surface area (Å²) >= 11 is 0. The van der Waals surface area contributed by atoms with Crippen molar-refractivity contribution in [3.63, 3.8) is 0 Å². The molecule has 0 aromatic heterocycles. The Balaban J connectivity index is 1.76. The van der Waals surface area contributed by atoms with Crippen molar-refractivity contribution in [3.05, 3.63) is 84.4 Å². The SMILES string of the molecule is C=CCC(=O)N1CCOC(CC(c2ccccc2)c2ccccc2)C1. The van der Waals surface area contributed by atoms with Gasteiger partial charge in [-0.1, -0.05) is 66.7 Å². The Morgan fingerprint density at radius 1 is 1.12 bits per heavy atom. The van der Waals surface area contributed by atoms with Crippen molar-refractivity contribution < 1.29 is 9.53 Å². The van der Waals surface area contributed by atoms with Gasteiger partial charge >= 0.3 is 0 Å². The molecule has 3 rings (SSSR count). The summed E-state index contributed by atoms with van der Waals surface area (Å²) in [6, 6.07) is 21.1. The number of benzene rings is 2. The lowest BCUT2D eigenvalue weighted by Gasteiger charge is -2.35.